The first-order valence-electron chi connectivity index (χ1n) is 10.3. The highest BCUT2D eigenvalue weighted by Gasteiger charge is 2.44. The van der Waals surface area contributed by atoms with Gasteiger partial charge in [-0.2, -0.15) is 0 Å². The standard InChI is InChI=1S/C22H31NO6/c1-2-29-20(27)18(24)15-23-21(28)22(12-6-7-13-22)14-17(19(25)26)11-10-16-8-4-3-5-9-16/h3-5,8-9,17-18,24H,2,6-7,10-15H2,1H3,(H,23,28)(H,25,26)/t17-,18+/m1/s1. The van der Waals surface area contributed by atoms with E-state index in [9.17, 15) is 24.6 Å². The van der Waals surface area contributed by atoms with Gasteiger partial charge >= 0.3 is 11.9 Å². The molecule has 0 saturated heterocycles. The number of amides is 1. The van der Waals surface area contributed by atoms with E-state index in [1.165, 1.54) is 0 Å². The number of esters is 1. The molecule has 1 aliphatic rings. The maximum absolute atomic E-state index is 12.9. The number of hydrogen-bond donors (Lipinski definition) is 3. The molecule has 0 bridgehead atoms. The number of aryl methyl sites for hydroxylation is 1. The van der Waals surface area contributed by atoms with E-state index in [2.05, 4.69) is 5.32 Å². The van der Waals surface area contributed by atoms with Crippen molar-refractivity contribution in [2.24, 2.45) is 11.3 Å². The molecule has 7 heteroatoms. The number of carbonyl (C=O) groups excluding carboxylic acids is 2. The maximum atomic E-state index is 12.9. The van der Waals surface area contributed by atoms with Crippen LogP contribution < -0.4 is 5.32 Å². The van der Waals surface area contributed by atoms with Gasteiger partial charge in [-0.05, 0) is 44.6 Å². The second-order valence-electron chi connectivity index (χ2n) is 7.73. The summed E-state index contributed by atoms with van der Waals surface area (Å²) in [5.41, 5.74) is 0.301. The Bertz CT molecular complexity index is 684. The molecule has 1 amide bonds. The number of aliphatic hydroxyl groups excluding tert-OH is 1. The van der Waals surface area contributed by atoms with Crippen LogP contribution in [0.3, 0.4) is 0 Å². The van der Waals surface area contributed by atoms with Gasteiger partial charge in [-0.1, -0.05) is 43.2 Å². The summed E-state index contributed by atoms with van der Waals surface area (Å²) in [5.74, 6) is -2.59. The van der Waals surface area contributed by atoms with Crippen molar-refractivity contribution in [3.63, 3.8) is 0 Å². The lowest BCUT2D eigenvalue weighted by Gasteiger charge is -2.31. The molecule has 1 aromatic carbocycles. The number of hydrogen-bond acceptors (Lipinski definition) is 5. The summed E-state index contributed by atoms with van der Waals surface area (Å²) in [6, 6.07) is 9.69. The number of ether oxygens (including phenoxy) is 1. The average Bonchev–Trinajstić information content (AvgIpc) is 3.19. The molecule has 0 aliphatic heterocycles. The van der Waals surface area contributed by atoms with Crippen LogP contribution >= 0.6 is 0 Å². The van der Waals surface area contributed by atoms with Crippen LogP contribution in [0.4, 0.5) is 0 Å². The van der Waals surface area contributed by atoms with Gasteiger partial charge in [0.25, 0.3) is 0 Å². The van der Waals surface area contributed by atoms with Crippen LogP contribution in [0.15, 0.2) is 30.3 Å². The van der Waals surface area contributed by atoms with Crippen molar-refractivity contribution in [1.82, 2.24) is 5.32 Å². The molecular weight excluding hydrogens is 374 g/mol. The number of aliphatic hydroxyl groups is 1. The first-order valence-corrected chi connectivity index (χ1v) is 10.3. The molecule has 1 aliphatic carbocycles. The van der Waals surface area contributed by atoms with Crippen LogP contribution in [0.1, 0.15) is 51.0 Å². The highest BCUT2D eigenvalue weighted by Crippen LogP contribution is 2.44. The van der Waals surface area contributed by atoms with Crippen molar-refractivity contribution in [3.8, 4) is 0 Å². The van der Waals surface area contributed by atoms with Crippen LogP contribution in [0.5, 0.6) is 0 Å². The van der Waals surface area contributed by atoms with Crippen molar-refractivity contribution >= 4 is 17.8 Å². The summed E-state index contributed by atoms with van der Waals surface area (Å²) in [6.45, 7) is 1.55. The van der Waals surface area contributed by atoms with E-state index in [1.807, 2.05) is 30.3 Å². The molecule has 0 aromatic heterocycles. The normalized spacial score (nSPS) is 17.3. The Labute approximate surface area is 171 Å². The van der Waals surface area contributed by atoms with Crippen molar-refractivity contribution in [2.75, 3.05) is 13.2 Å². The molecule has 1 fully saturated rings. The number of aliphatic carboxylic acids is 1. The highest BCUT2D eigenvalue weighted by molar-refractivity contribution is 5.84. The highest BCUT2D eigenvalue weighted by atomic mass is 16.5. The fourth-order valence-electron chi connectivity index (χ4n) is 4.04. The molecule has 2 atom stereocenters. The lowest BCUT2D eigenvalue weighted by atomic mass is 9.75. The molecule has 29 heavy (non-hydrogen) atoms. The molecule has 7 nitrogen and oxygen atoms in total. The molecule has 0 radical (unpaired) electrons. The number of benzene rings is 1. The zero-order valence-electron chi connectivity index (χ0n) is 16.9. The summed E-state index contributed by atoms with van der Waals surface area (Å²) >= 11 is 0. The van der Waals surface area contributed by atoms with Gasteiger partial charge in [-0.3, -0.25) is 9.59 Å². The van der Waals surface area contributed by atoms with E-state index in [0.717, 1.165) is 18.4 Å². The van der Waals surface area contributed by atoms with E-state index in [1.54, 1.807) is 6.92 Å². The molecule has 0 heterocycles. The molecular formula is C22H31NO6. The van der Waals surface area contributed by atoms with Gasteiger partial charge in [0.15, 0.2) is 6.10 Å². The van der Waals surface area contributed by atoms with Gasteiger partial charge in [0.1, 0.15) is 0 Å². The smallest absolute Gasteiger partial charge is 0.336 e. The first kappa shape index (κ1) is 22.9. The van der Waals surface area contributed by atoms with Gasteiger partial charge in [0.05, 0.1) is 19.1 Å². The summed E-state index contributed by atoms with van der Waals surface area (Å²) in [6.07, 6.45) is 2.88. The molecule has 1 aromatic rings. The third-order valence-electron chi connectivity index (χ3n) is 5.67. The zero-order valence-corrected chi connectivity index (χ0v) is 16.9. The maximum Gasteiger partial charge on any atom is 0.336 e. The minimum absolute atomic E-state index is 0.148. The van der Waals surface area contributed by atoms with E-state index < -0.39 is 29.4 Å². The van der Waals surface area contributed by atoms with Crippen LogP contribution in [-0.4, -0.2) is 47.3 Å². The molecule has 0 spiro atoms. The third kappa shape index (κ3) is 6.56. The minimum atomic E-state index is -1.43. The van der Waals surface area contributed by atoms with Crippen molar-refractivity contribution < 1.29 is 29.3 Å². The fraction of sp³-hybridized carbons (Fsp3) is 0.591. The van der Waals surface area contributed by atoms with Gasteiger partial charge in [-0.15, -0.1) is 0 Å². The van der Waals surface area contributed by atoms with Crippen molar-refractivity contribution in [3.05, 3.63) is 35.9 Å². The summed E-state index contributed by atoms with van der Waals surface area (Å²) in [7, 11) is 0. The number of carboxylic acids is 1. The fourth-order valence-corrected chi connectivity index (χ4v) is 4.04. The van der Waals surface area contributed by atoms with E-state index in [-0.39, 0.29) is 25.5 Å². The number of carboxylic acid groups (broad SMARTS) is 1. The Hall–Kier alpha value is -2.41. The van der Waals surface area contributed by atoms with Crippen LogP contribution in [-0.2, 0) is 25.5 Å². The van der Waals surface area contributed by atoms with Gasteiger partial charge in [-0.25, -0.2) is 4.79 Å². The third-order valence-corrected chi connectivity index (χ3v) is 5.67. The van der Waals surface area contributed by atoms with E-state index in [4.69, 9.17) is 4.74 Å². The monoisotopic (exact) mass is 405 g/mol. The van der Waals surface area contributed by atoms with Crippen LogP contribution in [0.2, 0.25) is 0 Å². The molecule has 1 saturated carbocycles. The predicted molar refractivity (Wildman–Crippen MR) is 107 cm³/mol. The SMILES string of the molecule is CCOC(=O)[C@@H](O)CNC(=O)C1(C[C@@H](CCc2ccccc2)C(=O)O)CCCC1. The Kier molecular flexibility index (Phi) is 8.64. The Morgan fingerprint density at radius 1 is 1.17 bits per heavy atom. The average molecular weight is 405 g/mol. The van der Waals surface area contributed by atoms with Gasteiger partial charge in [0, 0.05) is 5.41 Å². The zero-order chi connectivity index (χ0) is 21.3. The first-order chi connectivity index (χ1) is 13.9. The number of nitrogens with one attached hydrogen (secondary N) is 1. The van der Waals surface area contributed by atoms with Gasteiger partial charge in [0.2, 0.25) is 5.91 Å². The van der Waals surface area contributed by atoms with E-state index >= 15 is 0 Å². The second-order valence-corrected chi connectivity index (χ2v) is 7.73. The Morgan fingerprint density at radius 2 is 1.83 bits per heavy atom. The van der Waals surface area contributed by atoms with Crippen molar-refractivity contribution in [1.29, 1.82) is 0 Å². The number of rotatable bonds is 11. The molecule has 0 unspecified atom stereocenters. The van der Waals surface area contributed by atoms with Crippen LogP contribution in [0.25, 0.3) is 0 Å². The largest absolute Gasteiger partial charge is 0.481 e. The molecule has 3 N–H and O–H groups in total. The predicted octanol–water partition coefficient (Wildman–Crippen LogP) is 2.31. The topological polar surface area (TPSA) is 113 Å². The lowest BCUT2D eigenvalue weighted by molar-refractivity contribution is -0.153. The summed E-state index contributed by atoms with van der Waals surface area (Å²) in [5, 5.41) is 22.2. The summed E-state index contributed by atoms with van der Waals surface area (Å²) < 4.78 is 4.74. The van der Waals surface area contributed by atoms with Crippen LogP contribution in [0, 0.1) is 11.3 Å². The summed E-state index contributed by atoms with van der Waals surface area (Å²) in [4.78, 5) is 36.3. The minimum Gasteiger partial charge on any atom is -0.481 e. The second kappa shape index (κ2) is 11.0. The van der Waals surface area contributed by atoms with Crippen molar-refractivity contribution in [2.45, 2.75) is 58.0 Å². The quantitative estimate of drug-likeness (QED) is 0.487. The number of carbonyl (C=O) groups is 3. The lowest BCUT2D eigenvalue weighted by Crippen LogP contribution is -2.45. The molecule has 2 rings (SSSR count). The Morgan fingerprint density at radius 3 is 2.41 bits per heavy atom. The van der Waals surface area contributed by atoms with E-state index in [0.29, 0.717) is 25.7 Å². The van der Waals surface area contributed by atoms with Gasteiger partial charge < -0.3 is 20.3 Å². The molecule has 160 valence electrons. The Balaban J connectivity index is 2.00.